The molecule has 3 heteroatoms. The third-order valence-corrected chi connectivity index (χ3v) is 3.77. The van der Waals surface area contributed by atoms with Gasteiger partial charge in [-0.1, -0.05) is 44.2 Å². The summed E-state index contributed by atoms with van der Waals surface area (Å²) in [6.45, 7) is 11.4. The van der Waals surface area contributed by atoms with Crippen LogP contribution in [0.2, 0.25) is 0 Å². The topological polar surface area (TPSA) is 32.5 Å². The summed E-state index contributed by atoms with van der Waals surface area (Å²) >= 11 is 0. The van der Waals surface area contributed by atoms with E-state index in [2.05, 4.69) is 47.9 Å². The first-order chi connectivity index (χ1) is 9.15. The summed E-state index contributed by atoms with van der Waals surface area (Å²) in [4.78, 5) is 5.06. The molecule has 0 bridgehead atoms. The molecule has 1 aliphatic rings. The number of benzene rings is 1. The molecule has 1 atom stereocenters. The number of nitrogens with two attached hydrogens (primary N) is 1. The van der Waals surface area contributed by atoms with Gasteiger partial charge in [0.25, 0.3) is 0 Å². The van der Waals surface area contributed by atoms with Gasteiger partial charge in [0.2, 0.25) is 0 Å². The molecule has 0 aromatic heterocycles. The molecule has 1 aromatic carbocycles. The maximum atomic E-state index is 6.29. The van der Waals surface area contributed by atoms with Crippen LogP contribution in [0.15, 0.2) is 30.3 Å². The van der Waals surface area contributed by atoms with Crippen LogP contribution in [0.25, 0.3) is 0 Å². The van der Waals surface area contributed by atoms with Gasteiger partial charge in [0.05, 0.1) is 0 Å². The Morgan fingerprint density at radius 3 is 2.00 bits per heavy atom. The van der Waals surface area contributed by atoms with E-state index in [4.69, 9.17) is 5.73 Å². The van der Waals surface area contributed by atoms with Crippen molar-refractivity contribution in [3.05, 3.63) is 35.9 Å². The van der Waals surface area contributed by atoms with Crippen molar-refractivity contribution in [2.45, 2.75) is 19.9 Å². The minimum atomic E-state index is 0.137. The quantitative estimate of drug-likeness (QED) is 0.879. The van der Waals surface area contributed by atoms with Crippen LogP contribution in [0, 0.1) is 5.92 Å². The highest BCUT2D eigenvalue weighted by Gasteiger charge is 2.19. The van der Waals surface area contributed by atoms with E-state index in [9.17, 15) is 0 Å². The van der Waals surface area contributed by atoms with Gasteiger partial charge in [-0.2, -0.15) is 0 Å². The molecule has 19 heavy (non-hydrogen) atoms. The zero-order chi connectivity index (χ0) is 13.7. The number of rotatable bonds is 5. The standard InChI is InChI=1S/C16H27N3/c1-14(2)12-18-8-10-19(11-9-18)13-16(17)15-6-4-3-5-7-15/h3-7,14,16H,8-13,17H2,1-2H3. The fourth-order valence-corrected chi connectivity index (χ4v) is 2.75. The van der Waals surface area contributed by atoms with Crippen LogP contribution < -0.4 is 5.73 Å². The Bertz CT molecular complexity index is 356. The molecule has 106 valence electrons. The Morgan fingerprint density at radius 1 is 0.947 bits per heavy atom. The normalized spacial score (nSPS) is 19.8. The summed E-state index contributed by atoms with van der Waals surface area (Å²) in [6, 6.07) is 10.6. The fourth-order valence-electron chi connectivity index (χ4n) is 2.75. The van der Waals surface area contributed by atoms with Crippen LogP contribution in [0.3, 0.4) is 0 Å². The minimum Gasteiger partial charge on any atom is -0.323 e. The minimum absolute atomic E-state index is 0.137. The van der Waals surface area contributed by atoms with Crippen LogP contribution >= 0.6 is 0 Å². The van der Waals surface area contributed by atoms with Crippen molar-refractivity contribution >= 4 is 0 Å². The van der Waals surface area contributed by atoms with E-state index in [1.165, 1.54) is 25.2 Å². The third kappa shape index (κ3) is 4.60. The summed E-state index contributed by atoms with van der Waals surface area (Å²) in [5.41, 5.74) is 7.53. The molecule has 1 heterocycles. The Hall–Kier alpha value is -0.900. The average Bonchev–Trinajstić information content (AvgIpc) is 2.41. The Kier molecular flexibility index (Phi) is 5.37. The van der Waals surface area contributed by atoms with E-state index in [0.29, 0.717) is 0 Å². The number of hydrogen-bond acceptors (Lipinski definition) is 3. The maximum absolute atomic E-state index is 6.29. The smallest absolute Gasteiger partial charge is 0.0424 e. The first-order valence-corrected chi connectivity index (χ1v) is 7.40. The summed E-state index contributed by atoms with van der Waals surface area (Å²) in [7, 11) is 0. The van der Waals surface area contributed by atoms with E-state index in [-0.39, 0.29) is 6.04 Å². The maximum Gasteiger partial charge on any atom is 0.0424 e. The lowest BCUT2D eigenvalue weighted by atomic mass is 10.1. The first kappa shape index (κ1) is 14.5. The molecule has 0 saturated carbocycles. The van der Waals surface area contributed by atoms with Gasteiger partial charge in [0.1, 0.15) is 0 Å². The van der Waals surface area contributed by atoms with Gasteiger partial charge in [-0.15, -0.1) is 0 Å². The van der Waals surface area contributed by atoms with Crippen LogP contribution in [-0.4, -0.2) is 49.1 Å². The number of nitrogens with zero attached hydrogens (tertiary/aromatic N) is 2. The highest BCUT2D eigenvalue weighted by molar-refractivity contribution is 5.18. The SMILES string of the molecule is CC(C)CN1CCN(CC(N)c2ccccc2)CC1. The van der Waals surface area contributed by atoms with Crippen LogP contribution in [0.1, 0.15) is 25.5 Å². The highest BCUT2D eigenvalue weighted by atomic mass is 15.3. The molecule has 2 rings (SSSR count). The Labute approximate surface area is 117 Å². The monoisotopic (exact) mass is 261 g/mol. The van der Waals surface area contributed by atoms with Gasteiger partial charge in [0.15, 0.2) is 0 Å². The molecule has 0 amide bonds. The van der Waals surface area contributed by atoms with Gasteiger partial charge in [0, 0.05) is 45.3 Å². The highest BCUT2D eigenvalue weighted by Crippen LogP contribution is 2.13. The van der Waals surface area contributed by atoms with Gasteiger partial charge < -0.3 is 10.6 Å². The van der Waals surface area contributed by atoms with E-state index in [1.807, 2.05) is 6.07 Å². The summed E-state index contributed by atoms with van der Waals surface area (Å²) in [6.07, 6.45) is 0. The predicted molar refractivity (Wildman–Crippen MR) is 81.1 cm³/mol. The van der Waals surface area contributed by atoms with E-state index in [0.717, 1.165) is 25.6 Å². The molecule has 1 unspecified atom stereocenters. The molecule has 2 N–H and O–H groups in total. The van der Waals surface area contributed by atoms with E-state index in [1.54, 1.807) is 0 Å². The van der Waals surface area contributed by atoms with Crippen molar-refractivity contribution in [3.63, 3.8) is 0 Å². The van der Waals surface area contributed by atoms with Gasteiger partial charge in [-0.3, -0.25) is 4.90 Å². The Morgan fingerprint density at radius 2 is 1.47 bits per heavy atom. The lowest BCUT2D eigenvalue weighted by molar-refractivity contribution is 0.117. The molecular formula is C16H27N3. The summed E-state index contributed by atoms with van der Waals surface area (Å²) in [5.74, 6) is 0.762. The first-order valence-electron chi connectivity index (χ1n) is 7.40. The largest absolute Gasteiger partial charge is 0.323 e. The molecule has 3 nitrogen and oxygen atoms in total. The van der Waals surface area contributed by atoms with Crippen molar-refractivity contribution in [2.24, 2.45) is 11.7 Å². The second kappa shape index (κ2) is 7.04. The fraction of sp³-hybridized carbons (Fsp3) is 0.625. The zero-order valence-electron chi connectivity index (χ0n) is 12.3. The number of piperazine rings is 1. The third-order valence-electron chi connectivity index (χ3n) is 3.77. The molecule has 0 aliphatic carbocycles. The van der Waals surface area contributed by atoms with Crippen molar-refractivity contribution in [1.82, 2.24) is 9.80 Å². The van der Waals surface area contributed by atoms with E-state index >= 15 is 0 Å². The molecule has 1 aliphatic heterocycles. The molecule has 1 fully saturated rings. The molecule has 1 saturated heterocycles. The van der Waals surface area contributed by atoms with Gasteiger partial charge in [-0.05, 0) is 11.5 Å². The molecule has 0 radical (unpaired) electrons. The van der Waals surface area contributed by atoms with Gasteiger partial charge >= 0.3 is 0 Å². The molecule has 0 spiro atoms. The van der Waals surface area contributed by atoms with Crippen molar-refractivity contribution in [1.29, 1.82) is 0 Å². The van der Waals surface area contributed by atoms with Crippen LogP contribution in [0.4, 0.5) is 0 Å². The van der Waals surface area contributed by atoms with E-state index < -0.39 is 0 Å². The molecular weight excluding hydrogens is 234 g/mol. The average molecular weight is 261 g/mol. The lowest BCUT2D eigenvalue weighted by Crippen LogP contribution is -2.49. The molecule has 1 aromatic rings. The van der Waals surface area contributed by atoms with Crippen molar-refractivity contribution in [2.75, 3.05) is 39.3 Å². The van der Waals surface area contributed by atoms with Gasteiger partial charge in [-0.25, -0.2) is 0 Å². The Balaban J connectivity index is 1.76. The summed E-state index contributed by atoms with van der Waals surface area (Å²) in [5, 5.41) is 0. The lowest BCUT2D eigenvalue weighted by Gasteiger charge is -2.36. The summed E-state index contributed by atoms with van der Waals surface area (Å²) < 4.78 is 0. The van der Waals surface area contributed by atoms with Crippen molar-refractivity contribution in [3.8, 4) is 0 Å². The van der Waals surface area contributed by atoms with Crippen LogP contribution in [0.5, 0.6) is 0 Å². The van der Waals surface area contributed by atoms with Crippen molar-refractivity contribution < 1.29 is 0 Å². The second-order valence-electron chi connectivity index (χ2n) is 6.01. The zero-order valence-corrected chi connectivity index (χ0v) is 12.3. The number of hydrogen-bond donors (Lipinski definition) is 1. The second-order valence-corrected chi connectivity index (χ2v) is 6.01. The van der Waals surface area contributed by atoms with Crippen LogP contribution in [-0.2, 0) is 0 Å². The predicted octanol–water partition coefficient (Wildman–Crippen LogP) is 1.96.